The van der Waals surface area contributed by atoms with Gasteiger partial charge in [-0.3, -0.25) is 19.8 Å². The van der Waals surface area contributed by atoms with E-state index in [-0.39, 0.29) is 5.56 Å². The molecule has 7 heteroatoms. The number of pyridine rings is 2. The Morgan fingerprint density at radius 2 is 1.94 bits per heavy atom. The number of aromatic nitrogens is 4. The van der Waals surface area contributed by atoms with Crippen LogP contribution < -0.4 is 10.9 Å². The monoisotopic (exact) mass is 426 g/mol. The summed E-state index contributed by atoms with van der Waals surface area (Å²) in [6.07, 6.45) is 9.40. The van der Waals surface area contributed by atoms with Gasteiger partial charge in [0.15, 0.2) is 0 Å². The van der Waals surface area contributed by atoms with Crippen LogP contribution in [-0.4, -0.2) is 38.2 Å². The number of anilines is 1. The minimum atomic E-state index is -0.146. The molecular weight excluding hydrogens is 400 g/mol. The molecule has 1 aromatic carbocycles. The highest BCUT2D eigenvalue weighted by atomic mass is 16.1. The van der Waals surface area contributed by atoms with E-state index >= 15 is 0 Å². The van der Waals surface area contributed by atoms with Gasteiger partial charge in [0.25, 0.3) is 0 Å². The van der Waals surface area contributed by atoms with Crippen molar-refractivity contribution in [3.8, 4) is 11.1 Å². The van der Waals surface area contributed by atoms with Crippen molar-refractivity contribution in [1.82, 2.24) is 25.1 Å². The zero-order valence-corrected chi connectivity index (χ0v) is 17.9. The van der Waals surface area contributed by atoms with Crippen LogP contribution in [0.1, 0.15) is 30.5 Å². The molecule has 32 heavy (non-hydrogen) atoms. The maximum Gasteiger partial charge on any atom is 0.248 e. The molecule has 5 rings (SSSR count). The first-order valence-corrected chi connectivity index (χ1v) is 11.0. The van der Waals surface area contributed by atoms with Crippen molar-refractivity contribution in [2.24, 2.45) is 0 Å². The predicted octanol–water partition coefficient (Wildman–Crippen LogP) is 4.38. The summed E-state index contributed by atoms with van der Waals surface area (Å²) in [6.45, 7) is 7.42. The lowest BCUT2D eigenvalue weighted by Gasteiger charge is -2.26. The van der Waals surface area contributed by atoms with E-state index in [1.165, 1.54) is 44.0 Å². The van der Waals surface area contributed by atoms with Gasteiger partial charge in [-0.2, -0.15) is 5.10 Å². The van der Waals surface area contributed by atoms with Gasteiger partial charge in [0.1, 0.15) is 5.69 Å². The zero-order chi connectivity index (χ0) is 21.9. The SMILES string of the molecule is C=C(Nc1ccc(=O)[nH]c1)c1n[nH]c2ccc(-c3cncc(CN4CCCCC4)c3)cc12. The van der Waals surface area contributed by atoms with Gasteiger partial charge in [0.05, 0.1) is 16.9 Å². The van der Waals surface area contributed by atoms with Gasteiger partial charge >= 0.3 is 0 Å². The number of hydrogen-bond acceptors (Lipinski definition) is 5. The molecule has 0 saturated carbocycles. The van der Waals surface area contributed by atoms with Crippen LogP contribution in [0, 0.1) is 0 Å². The van der Waals surface area contributed by atoms with Crippen molar-refractivity contribution in [2.75, 3.05) is 18.4 Å². The second kappa shape index (κ2) is 8.80. The fourth-order valence-corrected chi connectivity index (χ4v) is 4.25. The van der Waals surface area contributed by atoms with Crippen molar-refractivity contribution < 1.29 is 0 Å². The first-order valence-electron chi connectivity index (χ1n) is 11.0. The van der Waals surface area contributed by atoms with Crippen LogP contribution in [0.3, 0.4) is 0 Å². The summed E-state index contributed by atoms with van der Waals surface area (Å²) >= 11 is 0. The number of benzene rings is 1. The van der Waals surface area contributed by atoms with E-state index in [1.54, 1.807) is 12.3 Å². The number of nitrogens with zero attached hydrogens (tertiary/aromatic N) is 3. The van der Waals surface area contributed by atoms with Gasteiger partial charge in [0, 0.05) is 42.2 Å². The van der Waals surface area contributed by atoms with E-state index < -0.39 is 0 Å². The van der Waals surface area contributed by atoms with E-state index in [4.69, 9.17) is 0 Å². The van der Waals surface area contributed by atoms with Crippen molar-refractivity contribution in [3.05, 3.63) is 83.2 Å². The van der Waals surface area contributed by atoms with Crippen molar-refractivity contribution in [2.45, 2.75) is 25.8 Å². The highest BCUT2D eigenvalue weighted by molar-refractivity contribution is 5.94. The third-order valence-electron chi connectivity index (χ3n) is 5.91. The molecule has 3 N–H and O–H groups in total. The van der Waals surface area contributed by atoms with E-state index in [9.17, 15) is 4.79 Å². The van der Waals surface area contributed by atoms with Crippen molar-refractivity contribution in [3.63, 3.8) is 0 Å². The number of H-pyrrole nitrogens is 2. The summed E-state index contributed by atoms with van der Waals surface area (Å²) in [5.41, 5.74) is 6.34. The molecule has 0 spiro atoms. The number of nitrogens with one attached hydrogen (secondary N) is 3. The van der Waals surface area contributed by atoms with E-state index in [1.807, 2.05) is 18.5 Å². The summed E-state index contributed by atoms with van der Waals surface area (Å²) < 4.78 is 0. The van der Waals surface area contributed by atoms with Crippen LogP contribution >= 0.6 is 0 Å². The molecule has 0 radical (unpaired) electrons. The average Bonchev–Trinajstić information content (AvgIpc) is 3.25. The molecule has 162 valence electrons. The molecular formula is C25H26N6O. The molecule has 0 bridgehead atoms. The van der Waals surface area contributed by atoms with Crippen molar-refractivity contribution >= 4 is 22.3 Å². The molecule has 0 amide bonds. The van der Waals surface area contributed by atoms with Gasteiger partial charge in [-0.1, -0.05) is 19.1 Å². The van der Waals surface area contributed by atoms with Crippen LogP contribution in [0.2, 0.25) is 0 Å². The Labute approximate surface area is 186 Å². The fraction of sp³-hybridized carbons (Fsp3) is 0.240. The van der Waals surface area contributed by atoms with Gasteiger partial charge in [-0.25, -0.2) is 0 Å². The summed E-state index contributed by atoms with van der Waals surface area (Å²) in [7, 11) is 0. The Kier molecular flexibility index (Phi) is 5.56. The lowest BCUT2D eigenvalue weighted by Crippen LogP contribution is -2.29. The second-order valence-electron chi connectivity index (χ2n) is 8.30. The maximum absolute atomic E-state index is 11.3. The van der Waals surface area contributed by atoms with Gasteiger partial charge in [0.2, 0.25) is 5.56 Å². The molecule has 7 nitrogen and oxygen atoms in total. The minimum absolute atomic E-state index is 0.146. The highest BCUT2D eigenvalue weighted by Crippen LogP contribution is 2.29. The first kappa shape index (κ1) is 20.2. The Hall–Kier alpha value is -3.71. The second-order valence-corrected chi connectivity index (χ2v) is 8.30. The highest BCUT2D eigenvalue weighted by Gasteiger charge is 2.13. The quantitative estimate of drug-likeness (QED) is 0.426. The third kappa shape index (κ3) is 4.33. The van der Waals surface area contributed by atoms with E-state index in [2.05, 4.69) is 55.2 Å². The molecule has 1 aliphatic rings. The van der Waals surface area contributed by atoms with E-state index in [0.29, 0.717) is 5.70 Å². The smallest absolute Gasteiger partial charge is 0.248 e. The first-order chi connectivity index (χ1) is 15.7. The number of piperidine rings is 1. The lowest BCUT2D eigenvalue weighted by atomic mass is 10.0. The number of likely N-dealkylation sites (tertiary alicyclic amines) is 1. The van der Waals surface area contributed by atoms with Crippen LogP contribution in [-0.2, 0) is 6.54 Å². The molecule has 4 aromatic rings. The normalized spacial score (nSPS) is 14.5. The van der Waals surface area contributed by atoms with Crippen LogP contribution in [0.15, 0.2) is 66.4 Å². The van der Waals surface area contributed by atoms with Crippen LogP contribution in [0.4, 0.5) is 5.69 Å². The molecule has 4 heterocycles. The minimum Gasteiger partial charge on any atom is -0.353 e. The predicted molar refractivity (Wildman–Crippen MR) is 128 cm³/mol. The zero-order valence-electron chi connectivity index (χ0n) is 17.9. The topological polar surface area (TPSA) is 89.7 Å². The lowest BCUT2D eigenvalue weighted by molar-refractivity contribution is 0.220. The summed E-state index contributed by atoms with van der Waals surface area (Å²) in [4.78, 5) is 21.0. The average molecular weight is 427 g/mol. The standard InChI is InChI=1S/C25H26N6O/c1-17(28-21-6-8-24(32)27-15-21)25-22-12-19(5-7-23(22)29-30-25)20-11-18(13-26-14-20)16-31-9-3-2-4-10-31/h5-8,11-15,28H,1-4,9-10,16H2,(H,27,32)(H,29,30). The molecule has 1 aliphatic heterocycles. The Morgan fingerprint density at radius 3 is 2.75 bits per heavy atom. The third-order valence-corrected chi connectivity index (χ3v) is 5.91. The van der Waals surface area contributed by atoms with Crippen LogP contribution in [0.25, 0.3) is 27.7 Å². The fourth-order valence-electron chi connectivity index (χ4n) is 4.25. The van der Waals surface area contributed by atoms with Gasteiger partial charge < -0.3 is 10.3 Å². The number of fused-ring (bicyclic) bond motifs is 1. The number of hydrogen-bond donors (Lipinski definition) is 3. The largest absolute Gasteiger partial charge is 0.353 e. The summed E-state index contributed by atoms with van der Waals surface area (Å²) in [5, 5.41) is 11.7. The van der Waals surface area contributed by atoms with Gasteiger partial charge in [-0.05, 0) is 61.3 Å². The number of aromatic amines is 2. The van der Waals surface area contributed by atoms with E-state index in [0.717, 1.165) is 40.0 Å². The van der Waals surface area contributed by atoms with Gasteiger partial charge in [-0.15, -0.1) is 0 Å². The Bertz CT molecular complexity index is 1300. The molecule has 0 aliphatic carbocycles. The van der Waals surface area contributed by atoms with Crippen LogP contribution in [0.5, 0.6) is 0 Å². The Balaban J connectivity index is 1.41. The molecule has 1 saturated heterocycles. The summed E-state index contributed by atoms with van der Waals surface area (Å²) in [6, 6.07) is 11.7. The Morgan fingerprint density at radius 1 is 1.06 bits per heavy atom. The molecule has 3 aromatic heterocycles. The molecule has 0 atom stereocenters. The molecule has 1 fully saturated rings. The van der Waals surface area contributed by atoms with Crippen molar-refractivity contribution in [1.29, 1.82) is 0 Å². The molecule has 0 unspecified atom stereocenters. The summed E-state index contributed by atoms with van der Waals surface area (Å²) in [5.74, 6) is 0. The maximum atomic E-state index is 11.3. The number of rotatable bonds is 6.